The van der Waals surface area contributed by atoms with Crippen molar-refractivity contribution < 1.29 is 13.9 Å². The molecular formula is C19H20FIN4O2. The molecule has 3 rings (SSSR count). The quantitative estimate of drug-likeness (QED) is 0.283. The fourth-order valence-corrected chi connectivity index (χ4v) is 3.85. The molecule has 1 aromatic carbocycles. The topological polar surface area (TPSA) is 59.5 Å². The number of rotatable bonds is 7. The largest absolute Gasteiger partial charge is 0.493 e. The van der Waals surface area contributed by atoms with E-state index in [1.54, 1.807) is 14.2 Å². The van der Waals surface area contributed by atoms with E-state index in [1.807, 2.05) is 17.0 Å². The normalized spacial score (nSPS) is 15.1. The third-order valence-corrected chi connectivity index (χ3v) is 5.43. The number of anilines is 2. The van der Waals surface area contributed by atoms with E-state index in [0.29, 0.717) is 42.4 Å². The number of benzene rings is 1. The van der Waals surface area contributed by atoms with Crippen LogP contribution in [0.3, 0.4) is 0 Å². The lowest BCUT2D eigenvalue weighted by Crippen LogP contribution is -2.38. The Morgan fingerprint density at radius 2 is 2.19 bits per heavy atom. The summed E-state index contributed by atoms with van der Waals surface area (Å²) in [5.41, 5.74) is 1.72. The molecule has 1 aliphatic heterocycles. The maximum Gasteiger partial charge on any atom is 0.310 e. The monoisotopic (exact) mass is 482 g/mol. The Hall–Kier alpha value is -2.28. The van der Waals surface area contributed by atoms with Gasteiger partial charge in [-0.05, 0) is 41.1 Å². The minimum absolute atomic E-state index is 0.122. The maximum absolute atomic E-state index is 13.6. The highest BCUT2D eigenvalue weighted by Gasteiger charge is 2.32. The van der Waals surface area contributed by atoms with Crippen LogP contribution in [0, 0.1) is 22.0 Å². The summed E-state index contributed by atoms with van der Waals surface area (Å²) in [6.45, 7) is 0.661. The number of fused-ring (bicyclic) bond motifs is 1. The molecule has 2 aromatic rings. The van der Waals surface area contributed by atoms with Gasteiger partial charge in [0.25, 0.3) is 0 Å². The van der Waals surface area contributed by atoms with Crippen molar-refractivity contribution in [2.45, 2.75) is 25.4 Å². The van der Waals surface area contributed by atoms with Crippen LogP contribution in [0.25, 0.3) is 0 Å². The second-order valence-electron chi connectivity index (χ2n) is 6.00. The van der Waals surface area contributed by atoms with Gasteiger partial charge in [-0.2, -0.15) is 9.37 Å². The van der Waals surface area contributed by atoms with Crippen LogP contribution < -0.4 is 19.7 Å². The van der Waals surface area contributed by atoms with Crippen molar-refractivity contribution in [1.29, 1.82) is 0 Å². The molecule has 0 radical (unpaired) electrons. The smallest absolute Gasteiger partial charge is 0.310 e. The molecule has 0 bridgehead atoms. The van der Waals surface area contributed by atoms with Gasteiger partial charge in [0.05, 0.1) is 26.1 Å². The minimum atomic E-state index is -0.744. The highest BCUT2D eigenvalue weighted by Crippen LogP contribution is 2.38. The Kier molecular flexibility index (Phi) is 6.21. The number of nitrogens with zero attached hydrogens (tertiary/aromatic N) is 3. The molecule has 1 aliphatic rings. The molecular weight excluding hydrogens is 462 g/mol. The average Bonchev–Trinajstić information content (AvgIpc) is 3.00. The van der Waals surface area contributed by atoms with Gasteiger partial charge < -0.3 is 19.7 Å². The molecule has 0 aliphatic carbocycles. The predicted octanol–water partition coefficient (Wildman–Crippen LogP) is 3.45. The van der Waals surface area contributed by atoms with Crippen molar-refractivity contribution in [2.24, 2.45) is 0 Å². The van der Waals surface area contributed by atoms with E-state index in [2.05, 4.69) is 43.8 Å². The van der Waals surface area contributed by atoms with Gasteiger partial charge in [-0.1, -0.05) is 0 Å². The Morgan fingerprint density at radius 3 is 2.89 bits per heavy atom. The molecule has 1 N–H and O–H groups in total. The number of halogens is 2. The number of terminal acetylenes is 1. The van der Waals surface area contributed by atoms with Crippen LogP contribution in [0.15, 0.2) is 18.3 Å². The first-order chi connectivity index (χ1) is 13.1. The van der Waals surface area contributed by atoms with Gasteiger partial charge in [-0.15, -0.1) is 12.3 Å². The van der Waals surface area contributed by atoms with Crippen LogP contribution in [0.4, 0.5) is 15.9 Å². The number of nitrogens with one attached hydrogen (secondary N) is 1. The maximum atomic E-state index is 13.6. The fraction of sp³-hybridized carbons (Fsp3) is 0.368. The lowest BCUT2D eigenvalue weighted by Gasteiger charge is -2.27. The number of hydrogen-bond donors (Lipinski definition) is 1. The Balaban J connectivity index is 1.93. The summed E-state index contributed by atoms with van der Waals surface area (Å²) in [6.07, 6.45) is 8.03. The highest BCUT2D eigenvalue weighted by molar-refractivity contribution is 14.1. The van der Waals surface area contributed by atoms with Gasteiger partial charge in [0.15, 0.2) is 17.3 Å². The number of hydrogen-bond acceptors (Lipinski definition) is 6. The predicted molar refractivity (Wildman–Crippen MR) is 111 cm³/mol. The van der Waals surface area contributed by atoms with Crippen molar-refractivity contribution in [1.82, 2.24) is 9.97 Å². The van der Waals surface area contributed by atoms with Crippen LogP contribution in [0.2, 0.25) is 0 Å². The highest BCUT2D eigenvalue weighted by atomic mass is 127. The zero-order chi connectivity index (χ0) is 19.4. The van der Waals surface area contributed by atoms with Crippen molar-refractivity contribution >= 4 is 34.1 Å². The molecule has 142 valence electrons. The van der Waals surface area contributed by atoms with E-state index in [4.69, 9.17) is 15.9 Å². The Bertz CT molecular complexity index is 872. The molecule has 2 heterocycles. The van der Waals surface area contributed by atoms with Gasteiger partial charge in [0.2, 0.25) is 0 Å². The first kappa shape index (κ1) is 19.5. The van der Waals surface area contributed by atoms with Gasteiger partial charge in [-0.3, -0.25) is 0 Å². The molecule has 0 fully saturated rings. The molecule has 1 unspecified atom stereocenters. The summed E-state index contributed by atoms with van der Waals surface area (Å²) < 4.78 is 25.7. The lowest BCUT2D eigenvalue weighted by molar-refractivity contribution is 0.350. The van der Waals surface area contributed by atoms with E-state index in [-0.39, 0.29) is 6.17 Å². The van der Waals surface area contributed by atoms with Crippen molar-refractivity contribution in [3.63, 3.8) is 0 Å². The van der Waals surface area contributed by atoms with Crippen molar-refractivity contribution in [3.8, 4) is 23.8 Å². The molecule has 0 saturated carbocycles. The summed E-state index contributed by atoms with van der Waals surface area (Å²) in [6, 6.07) is 3.87. The first-order valence-electron chi connectivity index (χ1n) is 8.47. The zero-order valence-electron chi connectivity index (χ0n) is 15.1. The number of aromatic nitrogens is 2. The van der Waals surface area contributed by atoms with Gasteiger partial charge in [0, 0.05) is 28.5 Å². The van der Waals surface area contributed by atoms with Crippen LogP contribution in [-0.4, -0.2) is 36.9 Å². The van der Waals surface area contributed by atoms with E-state index >= 15 is 0 Å². The molecule has 0 saturated heterocycles. The molecule has 0 spiro atoms. The third kappa shape index (κ3) is 4.03. The summed E-state index contributed by atoms with van der Waals surface area (Å²) >= 11 is 2.28. The molecule has 6 nitrogen and oxygen atoms in total. The number of ether oxygens (including phenoxy) is 2. The molecule has 8 heteroatoms. The van der Waals surface area contributed by atoms with Crippen LogP contribution in [0.1, 0.15) is 18.4 Å². The van der Waals surface area contributed by atoms with E-state index in [1.165, 1.54) is 6.20 Å². The van der Waals surface area contributed by atoms with Gasteiger partial charge in [-0.25, -0.2) is 4.98 Å². The summed E-state index contributed by atoms with van der Waals surface area (Å²) in [4.78, 5) is 9.67. The molecule has 27 heavy (non-hydrogen) atoms. The average molecular weight is 482 g/mol. The first-order valence-corrected chi connectivity index (χ1v) is 9.55. The van der Waals surface area contributed by atoms with E-state index in [9.17, 15) is 4.39 Å². The minimum Gasteiger partial charge on any atom is -0.493 e. The second kappa shape index (κ2) is 8.61. The number of unbranched alkanes of at least 4 members (excludes halogenated alkanes) is 1. The van der Waals surface area contributed by atoms with Crippen molar-refractivity contribution in [3.05, 3.63) is 33.5 Å². The summed E-state index contributed by atoms with van der Waals surface area (Å²) in [5.74, 6) is 4.57. The van der Waals surface area contributed by atoms with Gasteiger partial charge in [0.1, 0.15) is 6.17 Å². The summed E-state index contributed by atoms with van der Waals surface area (Å²) in [5, 5.41) is 3.39. The van der Waals surface area contributed by atoms with E-state index < -0.39 is 6.08 Å². The van der Waals surface area contributed by atoms with Gasteiger partial charge >= 0.3 is 6.08 Å². The van der Waals surface area contributed by atoms with Crippen LogP contribution in [0.5, 0.6) is 11.5 Å². The van der Waals surface area contributed by atoms with Crippen LogP contribution >= 0.6 is 22.6 Å². The van der Waals surface area contributed by atoms with Crippen molar-refractivity contribution in [2.75, 3.05) is 31.0 Å². The number of methoxy groups -OCH3 is 2. The lowest BCUT2D eigenvalue weighted by atomic mass is 10.1. The molecule has 0 amide bonds. The molecule has 1 aromatic heterocycles. The Morgan fingerprint density at radius 1 is 1.37 bits per heavy atom. The van der Waals surface area contributed by atoms with Crippen LogP contribution in [-0.2, 0) is 6.42 Å². The fourth-order valence-electron chi connectivity index (χ4n) is 3.20. The standard InChI is InChI=1S/C19H20FIN4O2/c1-4-5-6-9-25-16(23-14-11-22-19(20)24-18(14)25)10-12-13(21)7-8-15(26-2)17(12)27-3/h1,7-8,11,16,23H,5-6,9-10H2,2-3H3. The van der Waals surface area contributed by atoms with E-state index in [0.717, 1.165) is 15.6 Å². The summed E-state index contributed by atoms with van der Waals surface area (Å²) in [7, 11) is 3.24. The Labute approximate surface area is 171 Å². The molecule has 1 atom stereocenters. The zero-order valence-corrected chi connectivity index (χ0v) is 17.3. The third-order valence-electron chi connectivity index (χ3n) is 4.42. The second-order valence-corrected chi connectivity index (χ2v) is 7.17. The SMILES string of the molecule is C#CCCCN1c2nc(F)ncc2NC1Cc1c(I)ccc(OC)c1OC.